The summed E-state index contributed by atoms with van der Waals surface area (Å²) in [6.07, 6.45) is 1.38. The number of carbonyl (C=O) groups excluding carboxylic acids is 1. The van der Waals surface area contributed by atoms with E-state index >= 15 is 0 Å². The van der Waals surface area contributed by atoms with Crippen LogP contribution in [0.4, 0.5) is 0 Å². The lowest BCUT2D eigenvalue weighted by Crippen LogP contribution is -2.51. The third-order valence-electron chi connectivity index (χ3n) is 1.96. The molecular weight excluding hydrogens is 164 g/mol. The van der Waals surface area contributed by atoms with Crippen LogP contribution in [0.25, 0.3) is 0 Å². The minimum absolute atomic E-state index is 0.0407. The van der Waals surface area contributed by atoms with Crippen LogP contribution in [0.2, 0.25) is 0 Å². The van der Waals surface area contributed by atoms with Gasteiger partial charge in [0.25, 0.3) is 0 Å². The number of carbonyl (C=O) groups is 1. The van der Waals surface area contributed by atoms with Gasteiger partial charge in [0.2, 0.25) is 5.91 Å². The van der Waals surface area contributed by atoms with Gasteiger partial charge in [-0.2, -0.15) is 0 Å². The van der Waals surface area contributed by atoms with Crippen LogP contribution in [0.15, 0.2) is 12.7 Å². The van der Waals surface area contributed by atoms with E-state index in [-0.39, 0.29) is 5.91 Å². The zero-order chi connectivity index (χ0) is 10.3. The fourth-order valence-corrected chi connectivity index (χ4v) is 1.29. The van der Waals surface area contributed by atoms with Crippen molar-refractivity contribution in [1.82, 2.24) is 10.2 Å². The molecule has 0 aromatic rings. The Morgan fingerprint density at radius 1 is 1.62 bits per heavy atom. The molecule has 0 saturated carbocycles. The van der Waals surface area contributed by atoms with Crippen LogP contribution in [0, 0.1) is 0 Å². The lowest BCUT2D eigenvalue weighted by atomic mass is 10.2. The zero-order valence-corrected chi connectivity index (χ0v) is 8.84. The fraction of sp³-hybridized carbons (Fsp3) is 0.700. The van der Waals surface area contributed by atoms with Gasteiger partial charge in [0, 0.05) is 25.7 Å². The topological polar surface area (TPSA) is 32.3 Å². The predicted octanol–water partition coefficient (Wildman–Crippen LogP) is 1.02. The Kier molecular flexibility index (Phi) is 6.24. The summed E-state index contributed by atoms with van der Waals surface area (Å²) in [5.74, 6) is 0.0407. The van der Waals surface area contributed by atoms with Crippen molar-refractivity contribution >= 4 is 5.91 Å². The minimum Gasteiger partial charge on any atom is -0.334 e. The number of piperazine rings is 1. The van der Waals surface area contributed by atoms with Crippen LogP contribution in [0.3, 0.4) is 0 Å². The maximum absolute atomic E-state index is 11.2. The van der Waals surface area contributed by atoms with Crippen LogP contribution in [0.1, 0.15) is 20.8 Å². The van der Waals surface area contributed by atoms with E-state index < -0.39 is 0 Å². The molecule has 1 amide bonds. The molecule has 1 saturated heterocycles. The Balaban J connectivity index is 0.000000671. The average molecular weight is 184 g/mol. The van der Waals surface area contributed by atoms with E-state index in [1.807, 2.05) is 25.7 Å². The monoisotopic (exact) mass is 184 g/mol. The average Bonchev–Trinajstić information content (AvgIpc) is 2.20. The molecule has 0 aromatic heterocycles. The van der Waals surface area contributed by atoms with Crippen molar-refractivity contribution in [3.05, 3.63) is 12.7 Å². The molecule has 76 valence electrons. The van der Waals surface area contributed by atoms with E-state index in [1.165, 1.54) is 6.08 Å². The van der Waals surface area contributed by atoms with Crippen LogP contribution < -0.4 is 5.32 Å². The summed E-state index contributed by atoms with van der Waals surface area (Å²) in [7, 11) is 0. The van der Waals surface area contributed by atoms with E-state index in [0.717, 1.165) is 19.6 Å². The Bertz CT molecular complexity index is 168. The van der Waals surface area contributed by atoms with Crippen molar-refractivity contribution in [2.75, 3.05) is 19.6 Å². The molecule has 1 aliphatic heterocycles. The number of hydrogen-bond donors (Lipinski definition) is 1. The highest BCUT2D eigenvalue weighted by atomic mass is 16.2. The number of amides is 1. The highest BCUT2D eigenvalue weighted by Crippen LogP contribution is 2.02. The van der Waals surface area contributed by atoms with Gasteiger partial charge in [-0.3, -0.25) is 4.79 Å². The standard InChI is InChI=1S/C8H14N2O.C2H6/c1-3-8(11)10-5-4-9-6-7(10)2;1-2/h3,7,9H,1,4-6H2,2H3;1-2H3. The van der Waals surface area contributed by atoms with Crippen LogP contribution in [-0.4, -0.2) is 36.5 Å². The van der Waals surface area contributed by atoms with Crippen molar-refractivity contribution in [2.24, 2.45) is 0 Å². The summed E-state index contributed by atoms with van der Waals surface area (Å²) < 4.78 is 0. The predicted molar refractivity (Wildman–Crippen MR) is 55.6 cm³/mol. The lowest BCUT2D eigenvalue weighted by molar-refractivity contribution is -0.128. The second kappa shape index (κ2) is 6.66. The molecule has 0 aliphatic carbocycles. The normalized spacial score (nSPS) is 21.5. The molecule has 0 spiro atoms. The van der Waals surface area contributed by atoms with E-state index in [0.29, 0.717) is 6.04 Å². The lowest BCUT2D eigenvalue weighted by Gasteiger charge is -2.33. The maximum atomic E-state index is 11.2. The molecule has 1 atom stereocenters. The summed E-state index contributed by atoms with van der Waals surface area (Å²) >= 11 is 0. The van der Waals surface area contributed by atoms with Gasteiger partial charge in [-0.15, -0.1) is 0 Å². The largest absolute Gasteiger partial charge is 0.334 e. The van der Waals surface area contributed by atoms with Crippen molar-refractivity contribution in [2.45, 2.75) is 26.8 Å². The Morgan fingerprint density at radius 2 is 2.23 bits per heavy atom. The summed E-state index contributed by atoms with van der Waals surface area (Å²) in [4.78, 5) is 13.0. The first-order valence-corrected chi connectivity index (χ1v) is 4.89. The Morgan fingerprint density at radius 3 is 2.69 bits per heavy atom. The van der Waals surface area contributed by atoms with Crippen LogP contribution >= 0.6 is 0 Å². The van der Waals surface area contributed by atoms with Crippen LogP contribution in [-0.2, 0) is 4.79 Å². The van der Waals surface area contributed by atoms with E-state index in [1.54, 1.807) is 0 Å². The molecule has 3 nitrogen and oxygen atoms in total. The van der Waals surface area contributed by atoms with Gasteiger partial charge >= 0.3 is 0 Å². The fourth-order valence-electron chi connectivity index (χ4n) is 1.29. The smallest absolute Gasteiger partial charge is 0.246 e. The summed E-state index contributed by atoms with van der Waals surface area (Å²) in [5.41, 5.74) is 0. The molecular formula is C10H20N2O. The Hall–Kier alpha value is -0.830. The van der Waals surface area contributed by atoms with E-state index in [9.17, 15) is 4.79 Å². The van der Waals surface area contributed by atoms with E-state index in [4.69, 9.17) is 0 Å². The van der Waals surface area contributed by atoms with Gasteiger partial charge in [0.05, 0.1) is 0 Å². The molecule has 0 aromatic carbocycles. The molecule has 1 N–H and O–H groups in total. The van der Waals surface area contributed by atoms with Gasteiger partial charge in [-0.25, -0.2) is 0 Å². The molecule has 0 bridgehead atoms. The second-order valence-electron chi connectivity index (χ2n) is 2.79. The number of nitrogens with zero attached hydrogens (tertiary/aromatic N) is 1. The van der Waals surface area contributed by atoms with Crippen molar-refractivity contribution in [3.8, 4) is 0 Å². The summed E-state index contributed by atoms with van der Waals surface area (Å²) in [6, 6.07) is 0.300. The van der Waals surface area contributed by atoms with Gasteiger partial charge in [-0.1, -0.05) is 20.4 Å². The SMILES string of the molecule is C=CC(=O)N1CCNCC1C.CC. The molecule has 1 aliphatic rings. The molecule has 3 heteroatoms. The first-order valence-electron chi connectivity index (χ1n) is 4.89. The zero-order valence-electron chi connectivity index (χ0n) is 8.84. The van der Waals surface area contributed by atoms with Crippen molar-refractivity contribution in [3.63, 3.8) is 0 Å². The minimum atomic E-state index is 0.0407. The van der Waals surface area contributed by atoms with Gasteiger partial charge in [0.1, 0.15) is 0 Å². The third kappa shape index (κ3) is 3.59. The number of hydrogen-bond acceptors (Lipinski definition) is 2. The van der Waals surface area contributed by atoms with Gasteiger partial charge in [-0.05, 0) is 13.0 Å². The second-order valence-corrected chi connectivity index (χ2v) is 2.79. The highest BCUT2D eigenvalue weighted by Gasteiger charge is 2.20. The first-order chi connectivity index (χ1) is 6.25. The molecule has 1 rings (SSSR count). The number of nitrogens with one attached hydrogen (secondary N) is 1. The Labute approximate surface area is 80.8 Å². The highest BCUT2D eigenvalue weighted by molar-refractivity contribution is 5.87. The molecule has 13 heavy (non-hydrogen) atoms. The van der Waals surface area contributed by atoms with Crippen molar-refractivity contribution < 1.29 is 4.79 Å². The number of rotatable bonds is 1. The molecule has 1 fully saturated rings. The third-order valence-corrected chi connectivity index (χ3v) is 1.96. The molecule has 1 heterocycles. The maximum Gasteiger partial charge on any atom is 0.246 e. The van der Waals surface area contributed by atoms with E-state index in [2.05, 4.69) is 11.9 Å². The van der Waals surface area contributed by atoms with Gasteiger partial charge < -0.3 is 10.2 Å². The van der Waals surface area contributed by atoms with Crippen molar-refractivity contribution in [1.29, 1.82) is 0 Å². The van der Waals surface area contributed by atoms with Gasteiger partial charge in [0.15, 0.2) is 0 Å². The van der Waals surface area contributed by atoms with Crippen LogP contribution in [0.5, 0.6) is 0 Å². The summed E-state index contributed by atoms with van der Waals surface area (Å²) in [6.45, 7) is 12.1. The molecule has 1 unspecified atom stereocenters. The quantitative estimate of drug-likeness (QED) is 0.617. The summed E-state index contributed by atoms with van der Waals surface area (Å²) in [5, 5.41) is 3.22. The molecule has 0 radical (unpaired) electrons. The first kappa shape index (κ1) is 12.2.